The first-order valence-electron chi connectivity index (χ1n) is 3.93. The third-order valence-corrected chi connectivity index (χ3v) is 2.06. The number of amidine groups is 1. The smallest absolute Gasteiger partial charge is 0.171 e. The number of oxime groups is 1. The zero-order valence-electron chi connectivity index (χ0n) is 7.14. The molecule has 1 aromatic heterocycles. The molecule has 0 aliphatic carbocycles. The lowest BCUT2D eigenvalue weighted by atomic mass is 10.3. The van der Waals surface area contributed by atoms with Gasteiger partial charge in [0.1, 0.15) is 6.61 Å². The molecule has 13 heavy (non-hydrogen) atoms. The normalized spacial score (nSPS) is 11.6. The van der Waals surface area contributed by atoms with E-state index >= 15 is 0 Å². The summed E-state index contributed by atoms with van der Waals surface area (Å²) in [6, 6.07) is 1.87. The number of aliphatic hydroxyl groups excluding tert-OH is 1. The van der Waals surface area contributed by atoms with Crippen LogP contribution in [0.25, 0.3) is 0 Å². The summed E-state index contributed by atoms with van der Waals surface area (Å²) in [4.78, 5) is 4.87. The molecule has 0 fully saturated rings. The summed E-state index contributed by atoms with van der Waals surface area (Å²) < 4.78 is 0. The number of thiophene rings is 1. The fourth-order valence-electron chi connectivity index (χ4n) is 0.707. The van der Waals surface area contributed by atoms with E-state index in [0.717, 1.165) is 5.56 Å². The Morgan fingerprint density at radius 2 is 2.54 bits per heavy atom. The van der Waals surface area contributed by atoms with Crippen molar-refractivity contribution in [3.8, 4) is 0 Å². The lowest BCUT2D eigenvalue weighted by molar-refractivity contribution is 0.124. The fraction of sp³-hybridized carbons (Fsp3) is 0.375. The summed E-state index contributed by atoms with van der Waals surface area (Å²) >= 11 is 1.56. The molecule has 0 unspecified atom stereocenters. The van der Waals surface area contributed by atoms with E-state index in [1.807, 2.05) is 16.8 Å². The van der Waals surface area contributed by atoms with Gasteiger partial charge in [-0.1, -0.05) is 5.16 Å². The lowest BCUT2D eigenvalue weighted by Gasteiger charge is -1.98. The van der Waals surface area contributed by atoms with E-state index in [4.69, 9.17) is 15.7 Å². The molecule has 3 N–H and O–H groups in total. The molecule has 4 nitrogen and oxygen atoms in total. The lowest BCUT2D eigenvalue weighted by Crippen LogP contribution is -2.13. The van der Waals surface area contributed by atoms with Gasteiger partial charge in [-0.25, -0.2) is 0 Å². The molecule has 0 spiro atoms. The maximum absolute atomic E-state index is 8.46. The average Bonchev–Trinajstić information content (AvgIpc) is 2.65. The molecule has 72 valence electrons. The van der Waals surface area contributed by atoms with E-state index in [9.17, 15) is 0 Å². The van der Waals surface area contributed by atoms with Gasteiger partial charge in [0, 0.05) is 24.0 Å². The van der Waals surface area contributed by atoms with Crippen LogP contribution in [-0.2, 0) is 4.84 Å². The maximum atomic E-state index is 8.46. The minimum Gasteiger partial charge on any atom is -0.396 e. The van der Waals surface area contributed by atoms with Gasteiger partial charge in [-0.15, -0.1) is 0 Å². The van der Waals surface area contributed by atoms with Crippen LogP contribution in [-0.4, -0.2) is 24.2 Å². The molecule has 0 bridgehead atoms. The number of rotatable bonds is 5. The first-order chi connectivity index (χ1) is 6.34. The number of hydrogen-bond acceptors (Lipinski definition) is 4. The molecule has 1 heterocycles. The molecular formula is C8H12N2O2S. The van der Waals surface area contributed by atoms with Crippen molar-refractivity contribution in [2.24, 2.45) is 10.9 Å². The summed E-state index contributed by atoms with van der Waals surface area (Å²) in [6.45, 7) is 0.495. The molecule has 0 aliphatic heterocycles. The largest absolute Gasteiger partial charge is 0.396 e. The Hall–Kier alpha value is -1.07. The van der Waals surface area contributed by atoms with Gasteiger partial charge in [0.2, 0.25) is 0 Å². The van der Waals surface area contributed by atoms with Crippen molar-refractivity contribution < 1.29 is 9.94 Å². The predicted molar refractivity (Wildman–Crippen MR) is 52.7 cm³/mol. The molecule has 0 saturated carbocycles. The van der Waals surface area contributed by atoms with Crippen molar-refractivity contribution in [2.75, 3.05) is 13.2 Å². The Morgan fingerprint density at radius 3 is 3.15 bits per heavy atom. The van der Waals surface area contributed by atoms with Crippen LogP contribution in [0, 0.1) is 0 Å². The van der Waals surface area contributed by atoms with Crippen molar-refractivity contribution in [2.45, 2.75) is 6.42 Å². The predicted octanol–water partition coefficient (Wildman–Crippen LogP) is 0.767. The van der Waals surface area contributed by atoms with E-state index in [1.165, 1.54) is 0 Å². The summed E-state index contributed by atoms with van der Waals surface area (Å²) in [5.41, 5.74) is 6.46. The van der Waals surface area contributed by atoms with Crippen molar-refractivity contribution >= 4 is 17.2 Å². The molecule has 0 saturated heterocycles. The summed E-state index contributed by atoms with van der Waals surface area (Å²) in [5, 5.41) is 16.0. The van der Waals surface area contributed by atoms with E-state index in [0.29, 0.717) is 18.9 Å². The zero-order chi connectivity index (χ0) is 9.52. The molecule has 0 radical (unpaired) electrons. The van der Waals surface area contributed by atoms with Gasteiger partial charge in [-0.3, -0.25) is 0 Å². The highest BCUT2D eigenvalue weighted by Crippen LogP contribution is 2.05. The van der Waals surface area contributed by atoms with Crippen LogP contribution >= 0.6 is 11.3 Å². The second-order valence-electron chi connectivity index (χ2n) is 2.40. The number of nitrogens with two attached hydrogens (primary N) is 1. The first-order valence-corrected chi connectivity index (χ1v) is 4.87. The van der Waals surface area contributed by atoms with Gasteiger partial charge in [-0.05, 0) is 11.4 Å². The van der Waals surface area contributed by atoms with Gasteiger partial charge in [0.15, 0.2) is 5.84 Å². The first kappa shape index (κ1) is 10.0. The quantitative estimate of drug-likeness (QED) is 0.319. The molecular weight excluding hydrogens is 188 g/mol. The second-order valence-corrected chi connectivity index (χ2v) is 3.18. The van der Waals surface area contributed by atoms with Gasteiger partial charge in [-0.2, -0.15) is 11.3 Å². The standard InChI is InChI=1S/C8H12N2O2S/c9-8(7-2-5-13-6-7)10-12-4-1-3-11/h2,5-6,11H,1,3-4H2,(H2,9,10). The summed E-state index contributed by atoms with van der Waals surface area (Å²) in [5.74, 6) is 0.374. The van der Waals surface area contributed by atoms with E-state index in [-0.39, 0.29) is 6.61 Å². The average molecular weight is 200 g/mol. The monoisotopic (exact) mass is 200 g/mol. The topological polar surface area (TPSA) is 67.8 Å². The third kappa shape index (κ3) is 3.43. The Morgan fingerprint density at radius 1 is 1.69 bits per heavy atom. The van der Waals surface area contributed by atoms with Crippen LogP contribution in [0.15, 0.2) is 22.0 Å². The molecule has 0 atom stereocenters. The number of aliphatic hydroxyl groups is 1. The molecule has 0 aromatic carbocycles. The highest BCUT2D eigenvalue weighted by molar-refractivity contribution is 7.08. The van der Waals surface area contributed by atoms with Crippen LogP contribution in [0.5, 0.6) is 0 Å². The highest BCUT2D eigenvalue weighted by atomic mass is 32.1. The van der Waals surface area contributed by atoms with Crippen molar-refractivity contribution in [1.82, 2.24) is 0 Å². The minimum atomic E-state index is 0.105. The van der Waals surface area contributed by atoms with Gasteiger partial charge >= 0.3 is 0 Å². The summed E-state index contributed by atoms with van der Waals surface area (Å²) in [6.07, 6.45) is 0.570. The Bertz CT molecular complexity index is 259. The van der Waals surface area contributed by atoms with E-state index in [2.05, 4.69) is 5.16 Å². The molecule has 5 heteroatoms. The van der Waals surface area contributed by atoms with Crippen LogP contribution in [0.2, 0.25) is 0 Å². The van der Waals surface area contributed by atoms with Crippen molar-refractivity contribution in [1.29, 1.82) is 0 Å². The second kappa shape index (κ2) is 5.55. The van der Waals surface area contributed by atoms with Crippen LogP contribution in [0.1, 0.15) is 12.0 Å². The Labute approximate surface area is 80.6 Å². The van der Waals surface area contributed by atoms with E-state index < -0.39 is 0 Å². The van der Waals surface area contributed by atoms with Crippen molar-refractivity contribution in [3.63, 3.8) is 0 Å². The molecule has 0 amide bonds. The SMILES string of the molecule is N/C(=N/OCCCO)c1ccsc1. The molecule has 0 aliphatic rings. The minimum absolute atomic E-state index is 0.105. The Balaban J connectivity index is 2.35. The molecule has 1 aromatic rings. The van der Waals surface area contributed by atoms with E-state index in [1.54, 1.807) is 11.3 Å². The van der Waals surface area contributed by atoms with Crippen molar-refractivity contribution in [3.05, 3.63) is 22.4 Å². The fourth-order valence-corrected chi connectivity index (χ4v) is 1.36. The maximum Gasteiger partial charge on any atom is 0.171 e. The third-order valence-electron chi connectivity index (χ3n) is 1.37. The van der Waals surface area contributed by atoms with Crippen LogP contribution in [0.3, 0.4) is 0 Å². The number of hydrogen-bond donors (Lipinski definition) is 2. The highest BCUT2D eigenvalue weighted by Gasteiger charge is 1.97. The number of nitrogens with zero attached hydrogens (tertiary/aromatic N) is 1. The van der Waals surface area contributed by atoms with Crippen LogP contribution < -0.4 is 5.73 Å². The summed E-state index contributed by atoms with van der Waals surface area (Å²) in [7, 11) is 0. The molecule has 1 rings (SSSR count). The zero-order valence-corrected chi connectivity index (χ0v) is 7.96. The van der Waals surface area contributed by atoms with Gasteiger partial charge < -0.3 is 15.7 Å². The Kier molecular flexibility index (Phi) is 4.28. The van der Waals surface area contributed by atoms with Crippen LogP contribution in [0.4, 0.5) is 0 Å². The van der Waals surface area contributed by atoms with Gasteiger partial charge in [0.25, 0.3) is 0 Å². The van der Waals surface area contributed by atoms with Gasteiger partial charge in [0.05, 0.1) is 0 Å².